The molecule has 3 N–H and O–H groups in total. The molecule has 98 heavy (non-hydrogen) atoms. The molecule has 0 aromatic heterocycles. The van der Waals surface area contributed by atoms with Gasteiger partial charge in [-0.2, -0.15) is 0 Å². The standard InChI is InChI=1S/C57H110O17P2.C15H13NO4.2Na/c1-5-9-13-17-21-25-29-33-37-41-54(59)67-47-52(73-56(61)43-39-35-31-27-23-19-15-11-7-3)49-71-75(63,64)69-45-51(58)46-70-76(65,66)72-50-53(74-57(62)44-40-36-32-28-24-20-16-12-8-4)48-68-55(60)42-38-34-30-26-22-18-14-10-6-2;1-10(17)16-11-6-8-12(9-7-11)20-15(19)13-4-2-3-5-14(13)18;;/h51-53,58H,5-50H2,1-4H3,(H,63,64)(H,65,66);2-9,18H,1H3,(H,16,17);;/q;;2*+1/p-2. The summed E-state index contributed by atoms with van der Waals surface area (Å²) in [5.74, 6) is -2.87. The van der Waals surface area contributed by atoms with Crippen LogP contribution in [0.25, 0.3) is 0 Å². The third-order valence-corrected chi connectivity index (χ3v) is 17.5. The summed E-state index contributed by atoms with van der Waals surface area (Å²) in [6.07, 6.45) is 34.2. The van der Waals surface area contributed by atoms with Crippen LogP contribution in [-0.4, -0.2) is 104 Å². The summed E-state index contributed by atoms with van der Waals surface area (Å²) in [5.41, 5.74) is 0.707. The number of benzene rings is 2. The maximum atomic E-state index is 12.8. The Bertz CT molecular complexity index is 2340. The van der Waals surface area contributed by atoms with Crippen molar-refractivity contribution < 1.29 is 159 Å². The summed E-state index contributed by atoms with van der Waals surface area (Å²) >= 11 is 0. The van der Waals surface area contributed by atoms with Gasteiger partial charge in [-0.15, -0.1) is 0 Å². The van der Waals surface area contributed by atoms with Gasteiger partial charge in [-0.25, -0.2) is 4.79 Å². The van der Waals surface area contributed by atoms with E-state index in [4.69, 9.17) is 41.8 Å². The molecule has 4 unspecified atom stereocenters. The van der Waals surface area contributed by atoms with Crippen molar-refractivity contribution in [2.45, 2.75) is 310 Å². The average Bonchev–Trinajstić information content (AvgIpc) is 0.962. The van der Waals surface area contributed by atoms with Crippen LogP contribution >= 0.6 is 15.6 Å². The van der Waals surface area contributed by atoms with Crippen molar-refractivity contribution in [2.75, 3.05) is 45.0 Å². The summed E-state index contributed by atoms with van der Waals surface area (Å²) in [5, 5.41) is 22.6. The molecular formula is C72H121NNa2O21P2. The van der Waals surface area contributed by atoms with Gasteiger partial charge in [0, 0.05) is 38.3 Å². The maximum absolute atomic E-state index is 12.8. The zero-order chi connectivity index (χ0) is 70.8. The van der Waals surface area contributed by atoms with E-state index in [1.807, 2.05) is 0 Å². The summed E-state index contributed by atoms with van der Waals surface area (Å²) < 4.78 is 71.8. The molecular weight excluding hydrogens is 1320 g/mol. The smallest absolute Gasteiger partial charge is 0.756 e. The number of rotatable bonds is 61. The number of aromatic hydroxyl groups is 1. The number of esters is 5. The van der Waals surface area contributed by atoms with Crippen LogP contribution in [0.5, 0.6) is 11.5 Å². The van der Waals surface area contributed by atoms with E-state index in [1.165, 1.54) is 122 Å². The molecule has 0 spiro atoms. The molecule has 0 aliphatic carbocycles. The first-order valence-corrected chi connectivity index (χ1v) is 39.1. The molecule has 552 valence electrons. The quantitative estimate of drug-likeness (QED) is 0.0138. The monoisotopic (exact) mass is 1440 g/mol. The number of ether oxygens (including phenoxy) is 5. The summed E-state index contributed by atoms with van der Waals surface area (Å²) in [6, 6.07) is 12.5. The Morgan fingerprint density at radius 3 is 1.03 bits per heavy atom. The number of phenolic OH excluding ortho intramolecular Hbond substituents is 1. The fraction of sp³-hybridized carbons (Fsp3) is 0.750. The van der Waals surface area contributed by atoms with Crippen LogP contribution in [0, 0.1) is 0 Å². The van der Waals surface area contributed by atoms with E-state index in [9.17, 15) is 57.9 Å². The Kier molecular flexibility index (Phi) is 64.6. The van der Waals surface area contributed by atoms with Gasteiger partial charge in [0.05, 0.1) is 26.4 Å². The molecule has 0 heterocycles. The number of para-hydroxylation sites is 1. The third kappa shape index (κ3) is 58.7. The van der Waals surface area contributed by atoms with Crippen molar-refractivity contribution in [3.63, 3.8) is 0 Å². The Morgan fingerprint density at radius 2 is 0.714 bits per heavy atom. The topological polar surface area (TPSA) is 318 Å². The first kappa shape index (κ1) is 97.3. The van der Waals surface area contributed by atoms with Gasteiger partial charge in [0.25, 0.3) is 15.6 Å². The fourth-order valence-corrected chi connectivity index (χ4v) is 11.6. The number of anilines is 1. The number of unbranched alkanes of at least 4 members (excludes halogenated alkanes) is 32. The first-order valence-electron chi connectivity index (χ1n) is 36.2. The number of phosphoric acid groups is 2. The molecule has 0 fully saturated rings. The number of nitrogens with one attached hydrogen (secondary N) is 1. The second-order valence-electron chi connectivity index (χ2n) is 24.7. The summed E-state index contributed by atoms with van der Waals surface area (Å²) in [6.45, 7) is 5.77. The van der Waals surface area contributed by atoms with Crippen molar-refractivity contribution in [3.05, 3.63) is 54.1 Å². The van der Waals surface area contributed by atoms with Gasteiger partial charge in [-0.1, -0.05) is 245 Å². The number of phenols is 1. The first-order chi connectivity index (χ1) is 46.2. The average molecular weight is 1440 g/mol. The van der Waals surface area contributed by atoms with Crippen molar-refractivity contribution >= 4 is 57.1 Å². The number of carbonyl (C=O) groups excluding carboxylic acids is 6. The normalized spacial score (nSPS) is 13.1. The molecule has 2 aromatic carbocycles. The van der Waals surface area contributed by atoms with Crippen molar-refractivity contribution in [3.8, 4) is 11.5 Å². The van der Waals surface area contributed by atoms with Crippen LogP contribution < -0.4 is 79.0 Å². The van der Waals surface area contributed by atoms with E-state index in [-0.39, 0.29) is 102 Å². The minimum absolute atomic E-state index is 0. The van der Waals surface area contributed by atoms with E-state index < -0.39 is 103 Å². The molecule has 2 rings (SSSR count). The van der Waals surface area contributed by atoms with Crippen LogP contribution in [0.3, 0.4) is 0 Å². The largest absolute Gasteiger partial charge is 1.00 e. The van der Waals surface area contributed by atoms with Crippen LogP contribution in [0.1, 0.15) is 302 Å². The van der Waals surface area contributed by atoms with Crippen molar-refractivity contribution in [1.82, 2.24) is 0 Å². The number of phosphoric ester groups is 2. The second-order valence-corrected chi connectivity index (χ2v) is 27.6. The van der Waals surface area contributed by atoms with Gasteiger partial charge in [-0.3, -0.25) is 33.1 Å². The molecule has 0 bridgehead atoms. The molecule has 22 nitrogen and oxygen atoms in total. The summed E-state index contributed by atoms with van der Waals surface area (Å²) in [7, 11) is -10.4. The zero-order valence-corrected chi connectivity index (χ0v) is 66.7. The number of hydrogen-bond donors (Lipinski definition) is 3. The Hall–Kier alpha value is -2.76. The minimum Gasteiger partial charge on any atom is -0.756 e. The molecule has 0 aliphatic heterocycles. The third-order valence-electron chi connectivity index (χ3n) is 15.6. The molecule has 4 atom stereocenters. The predicted molar refractivity (Wildman–Crippen MR) is 368 cm³/mol. The van der Waals surface area contributed by atoms with Gasteiger partial charge in [0.1, 0.15) is 36.4 Å². The minimum atomic E-state index is -5.20. The molecule has 1 amide bonds. The number of aliphatic hydroxyl groups is 1. The second kappa shape index (κ2) is 65.0. The van der Waals surface area contributed by atoms with Gasteiger partial charge in [-0.05, 0) is 62.1 Å². The molecule has 26 heteroatoms. The molecule has 0 saturated heterocycles. The van der Waals surface area contributed by atoms with E-state index in [1.54, 1.807) is 36.4 Å². The number of amides is 1. The Labute approximate surface area is 631 Å². The van der Waals surface area contributed by atoms with Crippen LogP contribution in [0.15, 0.2) is 48.5 Å². The van der Waals surface area contributed by atoms with Gasteiger partial charge in [0.2, 0.25) is 5.91 Å². The Morgan fingerprint density at radius 1 is 0.418 bits per heavy atom. The SMILES string of the molecule is CC(=O)Nc1ccc(OC(=O)c2ccccc2O)cc1.CCCCCCCCCCCC(=O)OCC(COP(=O)([O-])OCC(O)COP(=O)([O-])OCC(COC(=O)CCCCCCCCCCC)OC(=O)CCCCCCCCCCC)OC(=O)CCCCCCCCCCC.[Na+].[Na+]. The van der Waals surface area contributed by atoms with Crippen LogP contribution in [0.2, 0.25) is 0 Å². The molecule has 0 aliphatic rings. The van der Waals surface area contributed by atoms with Gasteiger partial charge < -0.3 is 67.1 Å². The maximum Gasteiger partial charge on any atom is 1.00 e. The summed E-state index contributed by atoms with van der Waals surface area (Å²) in [4.78, 5) is 99.0. The van der Waals surface area contributed by atoms with Crippen LogP contribution in [0.4, 0.5) is 5.69 Å². The number of aliphatic hydroxyl groups excluding tert-OH is 1. The van der Waals surface area contributed by atoms with E-state index >= 15 is 0 Å². The zero-order valence-electron chi connectivity index (χ0n) is 60.9. The van der Waals surface area contributed by atoms with E-state index in [0.717, 1.165) is 103 Å². The molecule has 0 radical (unpaired) electrons. The van der Waals surface area contributed by atoms with Crippen LogP contribution in [-0.2, 0) is 70.1 Å². The fourth-order valence-electron chi connectivity index (χ4n) is 10.0. The van der Waals surface area contributed by atoms with Crippen molar-refractivity contribution in [1.29, 1.82) is 0 Å². The predicted octanol–water partition coefficient (Wildman–Crippen LogP) is 10.5. The van der Waals surface area contributed by atoms with Crippen molar-refractivity contribution in [2.24, 2.45) is 0 Å². The number of hydrogen-bond acceptors (Lipinski definition) is 21. The molecule has 0 saturated carbocycles. The number of carbonyl (C=O) groups is 6. The van der Waals surface area contributed by atoms with Gasteiger partial charge in [0.15, 0.2) is 12.2 Å². The van der Waals surface area contributed by atoms with E-state index in [0.29, 0.717) is 37.1 Å². The molecule has 2 aromatic rings. The van der Waals surface area contributed by atoms with Gasteiger partial charge >= 0.3 is 89.0 Å². The Balaban J connectivity index is 0. The van der Waals surface area contributed by atoms with E-state index in [2.05, 4.69) is 33.0 Å².